The van der Waals surface area contributed by atoms with E-state index in [1.54, 1.807) is 24.3 Å². The zero-order chi connectivity index (χ0) is 15.2. The van der Waals surface area contributed by atoms with E-state index in [0.717, 1.165) is 11.1 Å². The summed E-state index contributed by atoms with van der Waals surface area (Å²) in [6.45, 7) is 2.30. The van der Waals surface area contributed by atoms with Crippen molar-refractivity contribution in [2.75, 3.05) is 7.11 Å². The lowest BCUT2D eigenvalue weighted by Gasteiger charge is -2.09. The summed E-state index contributed by atoms with van der Waals surface area (Å²) >= 11 is 0. The minimum absolute atomic E-state index is 0.361. The van der Waals surface area contributed by atoms with Gasteiger partial charge in [0.2, 0.25) is 0 Å². The molecule has 2 aromatic rings. The monoisotopic (exact) mass is 281 g/mol. The summed E-state index contributed by atoms with van der Waals surface area (Å²) in [5.74, 6) is 0.325. The Morgan fingerprint density at radius 3 is 2.52 bits per heavy atom. The minimum Gasteiger partial charge on any atom is -0.489 e. The molecule has 0 heterocycles. The van der Waals surface area contributed by atoms with Gasteiger partial charge in [0.15, 0.2) is 0 Å². The average molecular weight is 281 g/mol. The fourth-order valence-electron chi connectivity index (χ4n) is 1.84. The van der Waals surface area contributed by atoms with Gasteiger partial charge in [-0.25, -0.2) is 4.79 Å². The van der Waals surface area contributed by atoms with Crippen molar-refractivity contribution < 1.29 is 14.3 Å². The quantitative estimate of drug-likeness (QED) is 0.807. The molecule has 21 heavy (non-hydrogen) atoms. The Labute approximate surface area is 123 Å². The highest BCUT2D eigenvalue weighted by molar-refractivity contribution is 5.89. The maximum atomic E-state index is 11.3. The number of carbonyl (C=O) groups excluding carboxylic acids is 1. The van der Waals surface area contributed by atoms with Crippen LogP contribution < -0.4 is 4.74 Å². The predicted molar refractivity (Wildman–Crippen MR) is 78.0 cm³/mol. The van der Waals surface area contributed by atoms with Crippen LogP contribution in [0.5, 0.6) is 5.75 Å². The molecule has 0 atom stereocenters. The van der Waals surface area contributed by atoms with Crippen molar-refractivity contribution in [2.45, 2.75) is 13.5 Å². The first-order valence-electron chi connectivity index (χ1n) is 6.45. The van der Waals surface area contributed by atoms with Crippen LogP contribution in [0.3, 0.4) is 0 Å². The van der Waals surface area contributed by atoms with E-state index in [4.69, 9.17) is 10.00 Å². The van der Waals surface area contributed by atoms with E-state index >= 15 is 0 Å². The van der Waals surface area contributed by atoms with Crippen molar-refractivity contribution in [2.24, 2.45) is 0 Å². The number of hydrogen-bond donors (Lipinski definition) is 0. The lowest BCUT2D eigenvalue weighted by atomic mass is 10.1. The van der Waals surface area contributed by atoms with Crippen molar-refractivity contribution in [1.82, 2.24) is 0 Å². The number of aryl methyl sites for hydroxylation is 1. The van der Waals surface area contributed by atoms with Gasteiger partial charge in [-0.15, -0.1) is 0 Å². The molecule has 0 aliphatic carbocycles. The molecule has 0 bridgehead atoms. The molecule has 0 spiro atoms. The zero-order valence-electron chi connectivity index (χ0n) is 11.9. The molecule has 0 saturated carbocycles. The van der Waals surface area contributed by atoms with Crippen molar-refractivity contribution in [3.05, 3.63) is 64.7 Å². The van der Waals surface area contributed by atoms with Gasteiger partial charge in [-0.1, -0.05) is 18.2 Å². The molecule has 4 heteroatoms. The van der Waals surface area contributed by atoms with Crippen molar-refractivity contribution >= 4 is 5.97 Å². The second-order valence-electron chi connectivity index (χ2n) is 4.57. The van der Waals surface area contributed by atoms with Gasteiger partial charge in [0, 0.05) is 0 Å². The van der Waals surface area contributed by atoms with E-state index in [-0.39, 0.29) is 5.97 Å². The third-order valence-electron chi connectivity index (χ3n) is 3.09. The Hall–Kier alpha value is -2.80. The average Bonchev–Trinajstić information content (AvgIpc) is 2.54. The predicted octanol–water partition coefficient (Wildman–Crippen LogP) is 3.23. The summed E-state index contributed by atoms with van der Waals surface area (Å²) < 4.78 is 10.4. The van der Waals surface area contributed by atoms with Crippen LogP contribution in [0.4, 0.5) is 0 Å². The van der Waals surface area contributed by atoms with Crippen molar-refractivity contribution in [3.8, 4) is 11.8 Å². The molecule has 0 aliphatic heterocycles. The van der Waals surface area contributed by atoms with Gasteiger partial charge in [-0.05, 0) is 42.3 Å². The molecule has 0 radical (unpaired) electrons. The van der Waals surface area contributed by atoms with E-state index in [1.807, 2.05) is 25.1 Å². The van der Waals surface area contributed by atoms with Crippen molar-refractivity contribution in [3.63, 3.8) is 0 Å². The summed E-state index contributed by atoms with van der Waals surface area (Å²) in [6.07, 6.45) is 0. The first kappa shape index (κ1) is 14.6. The molecule has 0 N–H and O–H groups in total. The highest BCUT2D eigenvalue weighted by Crippen LogP contribution is 2.20. The van der Waals surface area contributed by atoms with Crippen LogP contribution in [0.15, 0.2) is 42.5 Å². The number of ether oxygens (including phenoxy) is 2. The Bertz CT molecular complexity index is 684. The normalized spacial score (nSPS) is 9.76. The molecule has 4 nitrogen and oxygen atoms in total. The lowest BCUT2D eigenvalue weighted by molar-refractivity contribution is 0.0600. The van der Waals surface area contributed by atoms with E-state index in [1.165, 1.54) is 7.11 Å². The summed E-state index contributed by atoms with van der Waals surface area (Å²) in [6, 6.07) is 14.4. The molecule has 0 aliphatic rings. The number of benzene rings is 2. The first-order chi connectivity index (χ1) is 10.1. The number of nitrogens with zero attached hydrogens (tertiary/aromatic N) is 1. The molecule has 0 fully saturated rings. The fourth-order valence-corrected chi connectivity index (χ4v) is 1.84. The topological polar surface area (TPSA) is 59.3 Å². The number of methoxy groups -OCH3 is 1. The summed E-state index contributed by atoms with van der Waals surface area (Å²) in [5.41, 5.74) is 2.98. The van der Waals surface area contributed by atoms with Crippen LogP contribution in [0.25, 0.3) is 0 Å². The summed E-state index contributed by atoms with van der Waals surface area (Å²) in [4.78, 5) is 11.3. The maximum absolute atomic E-state index is 11.3. The number of carbonyl (C=O) groups is 1. The zero-order valence-corrected chi connectivity index (χ0v) is 11.9. The SMILES string of the molecule is COC(=O)c1ccc(COc2cc(C#N)ccc2C)cc1. The molecule has 2 rings (SSSR count). The molecule has 0 unspecified atom stereocenters. The van der Waals surface area contributed by atoms with E-state index in [2.05, 4.69) is 10.8 Å². The highest BCUT2D eigenvalue weighted by atomic mass is 16.5. The number of esters is 1. The third-order valence-corrected chi connectivity index (χ3v) is 3.09. The third kappa shape index (κ3) is 3.61. The van der Waals surface area contributed by atoms with Crippen molar-refractivity contribution in [1.29, 1.82) is 5.26 Å². The second kappa shape index (κ2) is 6.58. The number of rotatable bonds is 4. The van der Waals surface area contributed by atoms with E-state index in [0.29, 0.717) is 23.5 Å². The molecule has 0 saturated heterocycles. The maximum Gasteiger partial charge on any atom is 0.337 e. The fraction of sp³-hybridized carbons (Fsp3) is 0.176. The molecular formula is C17H15NO3. The van der Waals surface area contributed by atoms with Gasteiger partial charge in [0.05, 0.1) is 24.3 Å². The molecule has 0 amide bonds. The first-order valence-corrected chi connectivity index (χ1v) is 6.45. The van der Waals surface area contributed by atoms with Crippen LogP contribution in [0.2, 0.25) is 0 Å². The second-order valence-corrected chi connectivity index (χ2v) is 4.57. The van der Waals surface area contributed by atoms with Gasteiger partial charge in [-0.2, -0.15) is 5.26 Å². The Kier molecular flexibility index (Phi) is 4.57. The molecular weight excluding hydrogens is 266 g/mol. The Morgan fingerprint density at radius 1 is 1.19 bits per heavy atom. The number of nitriles is 1. The van der Waals surface area contributed by atoms with Crippen LogP contribution in [-0.4, -0.2) is 13.1 Å². The van der Waals surface area contributed by atoms with Crippen LogP contribution in [0.1, 0.15) is 27.0 Å². The van der Waals surface area contributed by atoms with Gasteiger partial charge in [0.25, 0.3) is 0 Å². The standard InChI is InChI=1S/C17H15NO3/c1-12-3-4-14(10-18)9-16(12)21-11-13-5-7-15(8-6-13)17(19)20-2/h3-9H,11H2,1-2H3. The van der Waals surface area contributed by atoms with Crippen LogP contribution in [-0.2, 0) is 11.3 Å². The Balaban J connectivity index is 2.06. The van der Waals surface area contributed by atoms with Crippen LogP contribution in [0, 0.1) is 18.3 Å². The minimum atomic E-state index is -0.361. The summed E-state index contributed by atoms with van der Waals surface area (Å²) in [7, 11) is 1.35. The van der Waals surface area contributed by atoms with Gasteiger partial charge < -0.3 is 9.47 Å². The largest absolute Gasteiger partial charge is 0.489 e. The highest BCUT2D eigenvalue weighted by Gasteiger charge is 2.05. The van der Waals surface area contributed by atoms with E-state index in [9.17, 15) is 4.79 Å². The van der Waals surface area contributed by atoms with Gasteiger partial charge in [0.1, 0.15) is 12.4 Å². The smallest absolute Gasteiger partial charge is 0.337 e. The Morgan fingerprint density at radius 2 is 1.90 bits per heavy atom. The van der Waals surface area contributed by atoms with Crippen LogP contribution >= 0.6 is 0 Å². The summed E-state index contributed by atoms with van der Waals surface area (Å²) in [5, 5.41) is 8.89. The molecule has 106 valence electrons. The van der Waals surface area contributed by atoms with Gasteiger partial charge in [-0.3, -0.25) is 0 Å². The van der Waals surface area contributed by atoms with E-state index < -0.39 is 0 Å². The van der Waals surface area contributed by atoms with Gasteiger partial charge >= 0.3 is 5.97 Å². The number of hydrogen-bond acceptors (Lipinski definition) is 4. The molecule has 2 aromatic carbocycles. The molecule has 0 aromatic heterocycles. The lowest BCUT2D eigenvalue weighted by Crippen LogP contribution is -2.02.